The minimum atomic E-state index is -0.444. The molecule has 2 atom stereocenters. The Balaban J connectivity index is 1.93. The van der Waals surface area contributed by atoms with Crippen molar-refractivity contribution in [1.82, 2.24) is 10.4 Å². The molecule has 4 nitrogen and oxygen atoms in total. The van der Waals surface area contributed by atoms with Crippen molar-refractivity contribution in [2.24, 2.45) is 5.92 Å². The van der Waals surface area contributed by atoms with E-state index in [2.05, 4.69) is 19.3 Å². The number of nitrogens with one attached hydrogen (secondary N) is 1. The van der Waals surface area contributed by atoms with Gasteiger partial charge in [-0.25, -0.2) is 5.43 Å². The highest BCUT2D eigenvalue weighted by molar-refractivity contribution is 5.91. The Morgan fingerprint density at radius 3 is 2.63 bits per heavy atom. The summed E-state index contributed by atoms with van der Waals surface area (Å²) in [7, 11) is 1.80. The fraction of sp³-hybridized carbons (Fsp3) is 0.933. The molecule has 0 bridgehead atoms. The number of ether oxygens (including phenoxy) is 1. The molecule has 0 aromatic rings. The van der Waals surface area contributed by atoms with Crippen LogP contribution >= 0.6 is 0 Å². The molecule has 0 aromatic heterocycles. The first-order chi connectivity index (χ1) is 9.07. The molecule has 1 amide bonds. The zero-order valence-electron chi connectivity index (χ0n) is 12.6. The summed E-state index contributed by atoms with van der Waals surface area (Å²) in [5.74, 6) is 0.876. The number of rotatable bonds is 6. The van der Waals surface area contributed by atoms with Crippen LogP contribution < -0.4 is 5.43 Å². The number of amides is 1. The van der Waals surface area contributed by atoms with Crippen LogP contribution in [0, 0.1) is 5.92 Å². The molecule has 1 heterocycles. The number of likely N-dealkylation sites (N-methyl/N-ethyl adjacent to an activating group) is 1. The Hall–Kier alpha value is -0.610. The van der Waals surface area contributed by atoms with Crippen molar-refractivity contribution in [1.29, 1.82) is 0 Å². The summed E-state index contributed by atoms with van der Waals surface area (Å²) < 4.78 is 5.85. The summed E-state index contributed by atoms with van der Waals surface area (Å²) >= 11 is 0. The Labute approximate surface area is 116 Å². The zero-order chi connectivity index (χ0) is 13.9. The smallest absolute Gasteiger partial charge is 0.260 e. The molecule has 1 N–H and O–H groups in total. The Kier molecular flexibility index (Phi) is 4.85. The second-order valence-electron chi connectivity index (χ2n) is 6.30. The first-order valence-electron chi connectivity index (χ1n) is 7.75. The van der Waals surface area contributed by atoms with E-state index >= 15 is 0 Å². The molecule has 1 unspecified atom stereocenters. The quantitative estimate of drug-likeness (QED) is 0.804. The Bertz CT molecular complexity index is 315. The van der Waals surface area contributed by atoms with Gasteiger partial charge in [-0.1, -0.05) is 39.0 Å². The molecule has 0 aromatic carbocycles. The average molecular weight is 268 g/mol. The SMILES string of the molecule is CC[C@@H](C)OCC1(CC2CCCCC2)NN(C)C1=O. The van der Waals surface area contributed by atoms with E-state index in [0.717, 1.165) is 12.8 Å². The van der Waals surface area contributed by atoms with E-state index in [0.29, 0.717) is 12.5 Å². The van der Waals surface area contributed by atoms with Gasteiger partial charge >= 0.3 is 0 Å². The maximum Gasteiger partial charge on any atom is 0.260 e. The van der Waals surface area contributed by atoms with E-state index in [4.69, 9.17) is 4.74 Å². The van der Waals surface area contributed by atoms with Crippen LogP contribution in [0.4, 0.5) is 0 Å². The van der Waals surface area contributed by atoms with E-state index < -0.39 is 5.54 Å². The molecule has 4 heteroatoms. The van der Waals surface area contributed by atoms with Gasteiger partial charge in [-0.15, -0.1) is 0 Å². The topological polar surface area (TPSA) is 41.6 Å². The molecule has 110 valence electrons. The van der Waals surface area contributed by atoms with E-state index in [1.165, 1.54) is 32.1 Å². The van der Waals surface area contributed by atoms with Gasteiger partial charge in [-0.3, -0.25) is 9.80 Å². The van der Waals surface area contributed by atoms with Crippen molar-refractivity contribution in [3.8, 4) is 0 Å². The summed E-state index contributed by atoms with van der Waals surface area (Å²) in [5, 5.41) is 1.60. The highest BCUT2D eigenvalue weighted by atomic mass is 16.5. The van der Waals surface area contributed by atoms with Crippen LogP contribution in [-0.2, 0) is 9.53 Å². The standard InChI is InChI=1S/C15H28N2O2/c1-4-12(2)19-11-15(14(18)17(3)16-15)10-13-8-6-5-7-9-13/h12-13,16H,4-11H2,1-3H3/t12-,15?/m1/s1. The summed E-state index contributed by atoms with van der Waals surface area (Å²) in [6.45, 7) is 4.70. The summed E-state index contributed by atoms with van der Waals surface area (Å²) in [6, 6.07) is 0. The van der Waals surface area contributed by atoms with Crippen LogP contribution in [-0.4, -0.2) is 36.2 Å². The van der Waals surface area contributed by atoms with Gasteiger partial charge in [0.25, 0.3) is 5.91 Å². The van der Waals surface area contributed by atoms with Crippen LogP contribution in [0.2, 0.25) is 0 Å². The van der Waals surface area contributed by atoms with Crippen molar-refractivity contribution in [3.05, 3.63) is 0 Å². The van der Waals surface area contributed by atoms with Crippen LogP contribution in [0.5, 0.6) is 0 Å². The molecule has 2 aliphatic rings. The van der Waals surface area contributed by atoms with Crippen LogP contribution in [0.1, 0.15) is 58.8 Å². The van der Waals surface area contributed by atoms with Crippen molar-refractivity contribution >= 4 is 5.91 Å². The second-order valence-corrected chi connectivity index (χ2v) is 6.30. The highest BCUT2D eigenvalue weighted by Gasteiger charge is 2.51. The molecule has 1 saturated carbocycles. The van der Waals surface area contributed by atoms with Gasteiger partial charge in [0.05, 0.1) is 12.7 Å². The van der Waals surface area contributed by atoms with Gasteiger partial charge in [0, 0.05) is 7.05 Å². The number of nitrogens with zero attached hydrogens (tertiary/aromatic N) is 1. The van der Waals surface area contributed by atoms with E-state index in [-0.39, 0.29) is 12.0 Å². The van der Waals surface area contributed by atoms with Crippen LogP contribution in [0.25, 0.3) is 0 Å². The molecule has 0 spiro atoms. The maximum atomic E-state index is 12.2. The van der Waals surface area contributed by atoms with Crippen LogP contribution in [0.3, 0.4) is 0 Å². The van der Waals surface area contributed by atoms with E-state index in [9.17, 15) is 4.79 Å². The van der Waals surface area contributed by atoms with Crippen molar-refractivity contribution < 1.29 is 9.53 Å². The van der Waals surface area contributed by atoms with Gasteiger partial charge in [-0.05, 0) is 25.7 Å². The normalized spacial score (nSPS) is 30.3. The number of hydrazine groups is 1. The molecule has 1 aliphatic heterocycles. The summed E-state index contributed by atoms with van der Waals surface area (Å²) in [4.78, 5) is 12.2. The summed E-state index contributed by atoms with van der Waals surface area (Å²) in [6.07, 6.45) is 8.68. The van der Waals surface area contributed by atoms with Gasteiger partial charge in [0.15, 0.2) is 0 Å². The molecule has 19 heavy (non-hydrogen) atoms. The molecule has 1 saturated heterocycles. The Morgan fingerprint density at radius 1 is 1.42 bits per heavy atom. The number of hydrogen-bond acceptors (Lipinski definition) is 3. The minimum absolute atomic E-state index is 0.196. The second kappa shape index (κ2) is 6.23. The molecule has 0 radical (unpaired) electrons. The number of hydrogen-bond donors (Lipinski definition) is 1. The fourth-order valence-electron chi connectivity index (χ4n) is 3.26. The van der Waals surface area contributed by atoms with Crippen molar-refractivity contribution in [2.75, 3.05) is 13.7 Å². The Morgan fingerprint density at radius 2 is 2.11 bits per heavy atom. The lowest BCUT2D eigenvalue weighted by Gasteiger charge is -2.49. The predicted molar refractivity (Wildman–Crippen MR) is 75.5 cm³/mol. The van der Waals surface area contributed by atoms with Crippen molar-refractivity contribution in [2.45, 2.75) is 70.4 Å². The van der Waals surface area contributed by atoms with Gasteiger partial charge < -0.3 is 4.74 Å². The number of carbonyl (C=O) groups is 1. The van der Waals surface area contributed by atoms with Gasteiger partial charge in [-0.2, -0.15) is 0 Å². The average Bonchev–Trinajstić information content (AvgIpc) is 2.45. The molecular formula is C15H28N2O2. The molecular weight excluding hydrogens is 240 g/mol. The lowest BCUT2D eigenvalue weighted by molar-refractivity contribution is -0.171. The van der Waals surface area contributed by atoms with E-state index in [1.54, 1.807) is 12.1 Å². The maximum absolute atomic E-state index is 12.2. The first-order valence-corrected chi connectivity index (χ1v) is 7.75. The lowest BCUT2D eigenvalue weighted by Crippen LogP contribution is -2.77. The fourth-order valence-corrected chi connectivity index (χ4v) is 3.26. The minimum Gasteiger partial charge on any atom is -0.376 e. The third-order valence-electron chi connectivity index (χ3n) is 4.65. The third kappa shape index (κ3) is 3.29. The lowest BCUT2D eigenvalue weighted by atomic mass is 9.78. The largest absolute Gasteiger partial charge is 0.376 e. The van der Waals surface area contributed by atoms with Gasteiger partial charge in [0.1, 0.15) is 5.54 Å². The summed E-state index contributed by atoms with van der Waals surface area (Å²) in [5.41, 5.74) is 2.85. The highest BCUT2D eigenvalue weighted by Crippen LogP contribution is 2.34. The van der Waals surface area contributed by atoms with Crippen molar-refractivity contribution in [3.63, 3.8) is 0 Å². The molecule has 1 aliphatic carbocycles. The predicted octanol–water partition coefficient (Wildman–Crippen LogP) is 2.49. The zero-order valence-corrected chi connectivity index (χ0v) is 12.6. The van der Waals surface area contributed by atoms with Gasteiger partial charge in [0.2, 0.25) is 0 Å². The third-order valence-corrected chi connectivity index (χ3v) is 4.65. The molecule has 2 fully saturated rings. The van der Waals surface area contributed by atoms with Crippen LogP contribution in [0.15, 0.2) is 0 Å². The monoisotopic (exact) mass is 268 g/mol. The molecule has 2 rings (SSSR count). The number of carbonyl (C=O) groups excluding carboxylic acids is 1. The van der Waals surface area contributed by atoms with E-state index in [1.807, 2.05) is 0 Å². The first kappa shape index (κ1) is 14.8.